The van der Waals surface area contributed by atoms with E-state index >= 15 is 0 Å². The fourth-order valence-corrected chi connectivity index (χ4v) is 18.8. The van der Waals surface area contributed by atoms with Crippen molar-refractivity contribution in [3.63, 3.8) is 0 Å². The van der Waals surface area contributed by atoms with Crippen molar-refractivity contribution in [2.75, 3.05) is 9.80 Å². The van der Waals surface area contributed by atoms with Gasteiger partial charge in [0.25, 0.3) is 6.71 Å². The van der Waals surface area contributed by atoms with Crippen LogP contribution in [0.2, 0.25) is 0 Å². The van der Waals surface area contributed by atoms with Crippen LogP contribution >= 0.6 is 0 Å². The summed E-state index contributed by atoms with van der Waals surface area (Å²) >= 11 is 0. The Morgan fingerprint density at radius 2 is 0.545 bits per heavy atom. The van der Waals surface area contributed by atoms with Gasteiger partial charge in [0, 0.05) is 111 Å². The van der Waals surface area contributed by atoms with Crippen molar-refractivity contribution in [1.82, 2.24) is 19.1 Å². The molecule has 0 spiro atoms. The molecule has 123 heavy (non-hydrogen) atoms. The van der Waals surface area contributed by atoms with E-state index in [0.717, 1.165) is 107 Å². The van der Waals surface area contributed by atoms with Crippen molar-refractivity contribution in [1.29, 1.82) is 0 Å². The summed E-state index contributed by atoms with van der Waals surface area (Å²) in [6.07, 6.45) is 0. The van der Waals surface area contributed by atoms with E-state index in [1.165, 1.54) is 98.9 Å². The summed E-state index contributed by atoms with van der Waals surface area (Å²) in [7, 11) is 0. The zero-order valence-corrected chi connectivity index (χ0v) is 79.3. The molecule has 0 amide bonds. The van der Waals surface area contributed by atoms with Gasteiger partial charge >= 0.3 is 0 Å². The highest BCUT2D eigenvalue weighted by Crippen LogP contribution is 2.57. The first-order valence-electron chi connectivity index (χ1n) is 45.1. The van der Waals surface area contributed by atoms with Gasteiger partial charge in [-0.05, 0) is 243 Å². The van der Waals surface area contributed by atoms with E-state index in [0.29, 0.717) is 0 Å². The summed E-state index contributed by atoms with van der Waals surface area (Å²) in [5.74, 6) is 0. The Labute approximate surface area is 735 Å². The first kappa shape index (κ1) is 84.2. The number of fused-ring (bicyclic) bond motifs is 10. The molecule has 0 aliphatic carbocycles. The number of hydrogen-bond donors (Lipinski definition) is 0. The zero-order chi connectivity index (χ0) is 88.2. The number of rotatable bonds is 8. The molecule has 0 radical (unpaired) electrons. The number of pyridine rings is 2. The third-order valence-corrected chi connectivity index (χ3v) is 26.5. The average molecular weight is 1620 g/mol. The van der Waals surface area contributed by atoms with Gasteiger partial charge in [0.15, 0.2) is 0 Å². The topological polar surface area (TPSA) is 42.1 Å². The highest BCUT2D eigenvalue weighted by molar-refractivity contribution is 7.00. The summed E-state index contributed by atoms with van der Waals surface area (Å²) < 4.78 is 5.17. The van der Waals surface area contributed by atoms with E-state index in [-0.39, 0.29) is 55.4 Å². The first-order chi connectivity index (χ1) is 57.3. The van der Waals surface area contributed by atoms with Crippen molar-refractivity contribution in [2.24, 2.45) is 0 Å². The quantitative estimate of drug-likeness (QED) is 0.142. The molecular formula is C116H129BN6. The Morgan fingerprint density at radius 3 is 0.878 bits per heavy atom. The van der Waals surface area contributed by atoms with Gasteiger partial charge in [-0.15, -0.1) is 0 Å². The molecule has 6 nitrogen and oxygen atoms in total. The van der Waals surface area contributed by atoms with E-state index in [9.17, 15) is 0 Å². The minimum absolute atomic E-state index is 0.0831. The molecule has 0 fully saturated rings. The molecule has 0 unspecified atom stereocenters. The number of nitrogens with zero attached hydrogens (tertiary/aromatic N) is 6. The normalized spacial score (nSPS) is 13.9. The lowest BCUT2D eigenvalue weighted by Gasteiger charge is -2.47. The van der Waals surface area contributed by atoms with Gasteiger partial charge < -0.3 is 18.9 Å². The molecule has 0 bridgehead atoms. The van der Waals surface area contributed by atoms with Crippen molar-refractivity contribution < 1.29 is 0 Å². The monoisotopic (exact) mass is 1620 g/mol. The second-order valence-corrected chi connectivity index (χ2v) is 46.2. The van der Waals surface area contributed by atoms with Crippen molar-refractivity contribution in [3.8, 4) is 56.0 Å². The Balaban J connectivity index is 1.10. The predicted molar refractivity (Wildman–Crippen MR) is 533 cm³/mol. The maximum absolute atomic E-state index is 5.91. The van der Waals surface area contributed by atoms with Crippen LogP contribution in [0.1, 0.15) is 264 Å². The van der Waals surface area contributed by atoms with Crippen LogP contribution in [0.15, 0.2) is 237 Å². The molecule has 2 aliphatic rings. The summed E-state index contributed by atoms with van der Waals surface area (Å²) in [5.41, 5.74) is 36.1. The summed E-state index contributed by atoms with van der Waals surface area (Å²) in [5, 5.41) is 5.02. The molecule has 626 valence electrons. The molecule has 0 N–H and O–H groups in total. The van der Waals surface area contributed by atoms with E-state index in [1.54, 1.807) is 0 Å². The molecule has 11 aromatic carbocycles. The fourth-order valence-electron chi connectivity index (χ4n) is 18.8. The fraction of sp³-hybridized carbons (Fsp3) is 0.345. The Bertz CT molecular complexity index is 6590. The number of hydrogen-bond acceptors (Lipinski definition) is 4. The standard InChI is InChI=1S/C116H129BN6/c1-107(2,3)73-44-52-93-85(58-73)86-59-74(108(4,5)6)45-53-94(86)120(93)80-48-50-90-97(68-80)122(105-82(70-38-33-31-34-39-70)62-77(111(13,14)15)64-84(105)72-56-102(115(25,26)27)119-103(57-72)116(28,29)30)99-66-79(113(19,20)21)67-100-104(99)117(90)91-51-49-81(121-95-54-46-75(109(7,8)9)60-87(95)88-61-76(110(10,11)12)47-55-96(88)121)69-98(91)123(100)106-83(71-40-35-32-36-41-71)63-78(112(16,17)18)65-89(106)92-42-37-43-101(118-92)114(22,23)24/h31-69H,1-30H3. The molecule has 0 atom stereocenters. The SMILES string of the molecule is CC(C)(C)c1cc(-c2ccccc2)c(N2c3cc(-n4c5ccc(C(C)(C)C)cc5c5cc(C(C)(C)C)ccc54)ccc3B3c4ccc(-n5c6ccc(C(C)(C)C)cc6c6cc(C(C)(C)C)ccc65)cc4N(c4c(-c5ccccc5)cc(C(C)(C)C)cc4-c4cccc(C(C)(C)C)n4)c4cc(C(C)(C)C)cc2c43)c(-c2cc(C(C)(C)C)nc(C(C)(C)C)c2)c1. The number of anilines is 6. The number of aromatic nitrogens is 4. The minimum Gasteiger partial charge on any atom is -0.310 e. The second-order valence-electron chi connectivity index (χ2n) is 46.2. The van der Waals surface area contributed by atoms with E-state index in [1.807, 2.05) is 0 Å². The lowest BCUT2D eigenvalue weighted by Crippen LogP contribution is -2.61. The van der Waals surface area contributed by atoms with Crippen LogP contribution in [0, 0.1) is 0 Å². The van der Waals surface area contributed by atoms with Gasteiger partial charge in [0.1, 0.15) is 0 Å². The smallest absolute Gasteiger partial charge is 0.252 e. The van der Waals surface area contributed by atoms with Gasteiger partial charge in [-0.1, -0.05) is 311 Å². The molecule has 15 aromatic rings. The maximum atomic E-state index is 5.91. The molecular weight excluding hydrogens is 1490 g/mol. The van der Waals surface area contributed by atoms with Gasteiger partial charge in [0.2, 0.25) is 0 Å². The van der Waals surface area contributed by atoms with Gasteiger partial charge in [-0.3, -0.25) is 9.97 Å². The third-order valence-electron chi connectivity index (χ3n) is 26.5. The van der Waals surface area contributed by atoms with Crippen LogP contribution in [0.4, 0.5) is 34.1 Å². The Morgan fingerprint density at radius 1 is 0.228 bits per heavy atom. The molecule has 0 saturated carbocycles. The lowest BCUT2D eigenvalue weighted by molar-refractivity contribution is 0.531. The Hall–Kier alpha value is -11.0. The molecule has 17 rings (SSSR count). The van der Waals surface area contributed by atoms with Gasteiger partial charge in [0.05, 0.1) is 39.1 Å². The zero-order valence-electron chi connectivity index (χ0n) is 79.3. The van der Waals surface area contributed by atoms with Crippen molar-refractivity contribution >= 4 is 101 Å². The van der Waals surface area contributed by atoms with Crippen molar-refractivity contribution in [3.05, 3.63) is 293 Å². The van der Waals surface area contributed by atoms with Crippen LogP contribution in [0.3, 0.4) is 0 Å². The van der Waals surface area contributed by atoms with Crippen LogP contribution in [0.25, 0.3) is 99.6 Å². The number of benzene rings is 11. The minimum atomic E-state index is -0.399. The molecule has 4 aromatic heterocycles. The van der Waals surface area contributed by atoms with E-state index in [4.69, 9.17) is 9.97 Å². The summed E-state index contributed by atoms with van der Waals surface area (Å²) in [4.78, 5) is 17.1. The predicted octanol–water partition coefficient (Wildman–Crippen LogP) is 30.4. The van der Waals surface area contributed by atoms with Gasteiger partial charge in [-0.2, -0.15) is 0 Å². The molecule has 2 aliphatic heterocycles. The van der Waals surface area contributed by atoms with Crippen LogP contribution in [-0.2, 0) is 54.1 Å². The molecule has 0 saturated heterocycles. The largest absolute Gasteiger partial charge is 0.310 e. The summed E-state index contributed by atoms with van der Waals surface area (Å²) in [6, 6.07) is 93.9. The lowest BCUT2D eigenvalue weighted by atomic mass is 9.33. The van der Waals surface area contributed by atoms with E-state index in [2.05, 4.69) is 463 Å². The summed E-state index contributed by atoms with van der Waals surface area (Å²) in [6.45, 7) is 70.2. The first-order valence-corrected chi connectivity index (χ1v) is 45.1. The molecule has 6 heterocycles. The van der Waals surface area contributed by atoms with Crippen molar-refractivity contribution in [2.45, 2.75) is 262 Å². The van der Waals surface area contributed by atoms with E-state index < -0.39 is 5.41 Å². The van der Waals surface area contributed by atoms with Gasteiger partial charge in [-0.25, -0.2) is 0 Å². The average Bonchev–Trinajstić information content (AvgIpc) is 1.26. The van der Waals surface area contributed by atoms with Crippen LogP contribution < -0.4 is 26.2 Å². The van der Waals surface area contributed by atoms with Crippen LogP contribution in [0.5, 0.6) is 0 Å². The maximum Gasteiger partial charge on any atom is 0.252 e. The third kappa shape index (κ3) is 14.9. The second kappa shape index (κ2) is 28.8. The van der Waals surface area contributed by atoms with Crippen LogP contribution in [-0.4, -0.2) is 25.8 Å². The Kier molecular flexibility index (Phi) is 19.7. The highest BCUT2D eigenvalue weighted by atomic mass is 15.2. The molecule has 7 heteroatoms. The highest BCUT2D eigenvalue weighted by Gasteiger charge is 2.47.